The van der Waals surface area contributed by atoms with Crippen LogP contribution in [0.3, 0.4) is 0 Å². The highest BCUT2D eigenvalue weighted by atomic mass is 32.2. The Hall–Kier alpha value is 0.0200. The van der Waals surface area contributed by atoms with Crippen LogP contribution in [0.5, 0.6) is 0 Å². The van der Waals surface area contributed by atoms with Gasteiger partial charge >= 0.3 is 0 Å². The molecule has 0 aliphatic heterocycles. The fraction of sp³-hybridized carbons (Fsp3) is 0.952. The maximum Gasteiger partial charge on any atom is 0.195 e. The third kappa shape index (κ3) is 5.51. The summed E-state index contributed by atoms with van der Waals surface area (Å²) in [6.45, 7) is 24.9. The zero-order valence-corrected chi connectivity index (χ0v) is 18.5. The van der Waals surface area contributed by atoms with Gasteiger partial charge in [0.2, 0.25) is 0 Å². The van der Waals surface area contributed by atoms with Crippen molar-refractivity contribution in [2.45, 2.75) is 100 Å². The molecule has 0 aliphatic rings. The molecule has 0 rings (SSSR count). The molecule has 0 spiro atoms. The lowest BCUT2D eigenvalue weighted by Gasteiger charge is -2.51. The van der Waals surface area contributed by atoms with Crippen molar-refractivity contribution in [3.63, 3.8) is 0 Å². The van der Waals surface area contributed by atoms with E-state index in [-0.39, 0.29) is 15.6 Å². The molecule has 0 N–H and O–H groups in total. The molecule has 0 heterocycles. The molecule has 23 heavy (non-hydrogen) atoms. The van der Waals surface area contributed by atoms with Crippen molar-refractivity contribution in [3.05, 3.63) is 0 Å². The van der Waals surface area contributed by atoms with Gasteiger partial charge in [0, 0.05) is 10.2 Å². The minimum atomic E-state index is -0.236. The van der Waals surface area contributed by atoms with Crippen molar-refractivity contribution >= 4 is 16.9 Å². The number of rotatable bonds is 9. The van der Waals surface area contributed by atoms with Gasteiger partial charge in [-0.2, -0.15) is 0 Å². The zero-order valence-electron chi connectivity index (χ0n) is 17.7. The van der Waals surface area contributed by atoms with Crippen molar-refractivity contribution in [2.24, 2.45) is 28.6 Å². The van der Waals surface area contributed by atoms with E-state index in [9.17, 15) is 4.79 Å². The number of hydrogen-bond acceptors (Lipinski definition) is 2. The van der Waals surface area contributed by atoms with E-state index >= 15 is 0 Å². The standard InChI is InChI=1S/C21H42OS/c1-12-14-16(5)17(15(3)4)20(8,9)21(10,11)23-18(22)19(6,7)13-2/h15-17H,12-14H2,1-11H3. The minimum Gasteiger partial charge on any atom is -0.287 e. The molecule has 0 saturated carbocycles. The van der Waals surface area contributed by atoms with Crippen LogP contribution in [-0.4, -0.2) is 9.86 Å². The highest BCUT2D eigenvalue weighted by molar-refractivity contribution is 8.14. The Morgan fingerprint density at radius 3 is 1.78 bits per heavy atom. The first-order chi connectivity index (χ1) is 10.2. The van der Waals surface area contributed by atoms with Crippen molar-refractivity contribution in [2.75, 3.05) is 0 Å². The minimum absolute atomic E-state index is 0.0759. The maximum atomic E-state index is 12.8. The van der Waals surface area contributed by atoms with Crippen molar-refractivity contribution < 1.29 is 4.79 Å². The van der Waals surface area contributed by atoms with Gasteiger partial charge in [-0.3, -0.25) is 4.79 Å². The van der Waals surface area contributed by atoms with Gasteiger partial charge in [0.1, 0.15) is 0 Å². The number of carbonyl (C=O) groups is 1. The molecule has 2 heteroatoms. The highest BCUT2D eigenvalue weighted by Crippen LogP contribution is 2.53. The van der Waals surface area contributed by atoms with E-state index < -0.39 is 0 Å². The van der Waals surface area contributed by atoms with Crippen LogP contribution >= 0.6 is 11.8 Å². The fourth-order valence-electron chi connectivity index (χ4n) is 3.88. The molecule has 2 atom stereocenters. The number of hydrogen-bond donors (Lipinski definition) is 0. The van der Waals surface area contributed by atoms with Crippen LogP contribution in [0.25, 0.3) is 0 Å². The lowest BCUT2D eigenvalue weighted by atomic mass is 9.61. The average molecular weight is 343 g/mol. The molecule has 0 aromatic rings. The normalized spacial score (nSPS) is 16.5. The van der Waals surface area contributed by atoms with Crippen LogP contribution in [0, 0.1) is 28.6 Å². The Kier molecular flexibility index (Phi) is 8.41. The average Bonchev–Trinajstić information content (AvgIpc) is 2.37. The van der Waals surface area contributed by atoms with E-state index in [1.165, 1.54) is 12.8 Å². The highest BCUT2D eigenvalue weighted by Gasteiger charge is 2.48. The Bertz CT molecular complexity index is 379. The summed E-state index contributed by atoms with van der Waals surface area (Å²) in [5.41, 5.74) is -0.139. The second-order valence-corrected chi connectivity index (χ2v) is 11.0. The lowest BCUT2D eigenvalue weighted by molar-refractivity contribution is -0.118. The van der Waals surface area contributed by atoms with E-state index in [1.54, 1.807) is 11.8 Å². The van der Waals surface area contributed by atoms with E-state index in [2.05, 4.69) is 76.2 Å². The number of carbonyl (C=O) groups excluding carboxylic acids is 1. The zero-order chi connectivity index (χ0) is 18.6. The Balaban J connectivity index is 5.52. The van der Waals surface area contributed by atoms with E-state index in [0.29, 0.717) is 22.9 Å². The summed E-state index contributed by atoms with van der Waals surface area (Å²) in [5, 5.41) is 0.337. The molecule has 2 unspecified atom stereocenters. The predicted octanol–water partition coefficient (Wildman–Crippen LogP) is 7.20. The molecule has 0 saturated heterocycles. The quantitative estimate of drug-likeness (QED) is 0.441. The topological polar surface area (TPSA) is 17.1 Å². The molecular formula is C21H42OS. The molecule has 138 valence electrons. The van der Waals surface area contributed by atoms with Crippen molar-refractivity contribution in [3.8, 4) is 0 Å². The van der Waals surface area contributed by atoms with E-state index in [1.807, 2.05) is 0 Å². The van der Waals surface area contributed by atoms with Crippen LogP contribution in [0.2, 0.25) is 0 Å². The van der Waals surface area contributed by atoms with Gasteiger partial charge in [-0.25, -0.2) is 0 Å². The Morgan fingerprint density at radius 2 is 1.43 bits per heavy atom. The van der Waals surface area contributed by atoms with Gasteiger partial charge < -0.3 is 0 Å². The third-order valence-corrected chi connectivity index (χ3v) is 8.02. The summed E-state index contributed by atoms with van der Waals surface area (Å²) in [6.07, 6.45) is 3.40. The smallest absolute Gasteiger partial charge is 0.195 e. The SMILES string of the molecule is CCCC(C)C(C(C)C)C(C)(C)C(C)(C)SC(=O)C(C)(C)CC. The summed E-state index contributed by atoms with van der Waals surface area (Å²) in [5.74, 6) is 1.92. The van der Waals surface area contributed by atoms with Gasteiger partial charge in [-0.1, -0.05) is 86.9 Å². The molecular weight excluding hydrogens is 300 g/mol. The third-order valence-electron chi connectivity index (χ3n) is 6.24. The first-order valence-corrected chi connectivity index (χ1v) is 10.3. The first kappa shape index (κ1) is 23.0. The van der Waals surface area contributed by atoms with E-state index in [4.69, 9.17) is 0 Å². The van der Waals surface area contributed by atoms with Crippen LogP contribution < -0.4 is 0 Å². The summed E-state index contributed by atoms with van der Waals surface area (Å²) < 4.78 is -0.0759. The number of thioether (sulfide) groups is 1. The summed E-state index contributed by atoms with van der Waals surface area (Å²) in [6, 6.07) is 0. The largest absolute Gasteiger partial charge is 0.287 e. The van der Waals surface area contributed by atoms with Gasteiger partial charge in [-0.05, 0) is 43.4 Å². The van der Waals surface area contributed by atoms with Crippen LogP contribution in [0.15, 0.2) is 0 Å². The molecule has 0 fully saturated rings. The van der Waals surface area contributed by atoms with Gasteiger partial charge in [0.25, 0.3) is 0 Å². The molecule has 0 radical (unpaired) electrons. The summed E-state index contributed by atoms with van der Waals surface area (Å²) in [7, 11) is 0. The molecule has 1 nitrogen and oxygen atoms in total. The second kappa shape index (κ2) is 8.41. The van der Waals surface area contributed by atoms with Crippen LogP contribution in [0.1, 0.15) is 95.4 Å². The summed E-state index contributed by atoms with van der Waals surface area (Å²) in [4.78, 5) is 12.8. The Morgan fingerprint density at radius 1 is 0.957 bits per heavy atom. The lowest BCUT2D eigenvalue weighted by Crippen LogP contribution is -2.48. The van der Waals surface area contributed by atoms with E-state index in [0.717, 1.165) is 6.42 Å². The second-order valence-electron chi connectivity index (χ2n) is 9.39. The van der Waals surface area contributed by atoms with Gasteiger partial charge in [0.15, 0.2) is 5.12 Å². The van der Waals surface area contributed by atoms with Crippen LogP contribution in [0.4, 0.5) is 0 Å². The van der Waals surface area contributed by atoms with Gasteiger partial charge in [-0.15, -0.1) is 0 Å². The monoisotopic (exact) mass is 342 g/mol. The molecule has 0 aromatic heterocycles. The van der Waals surface area contributed by atoms with Crippen molar-refractivity contribution in [1.29, 1.82) is 0 Å². The maximum absolute atomic E-state index is 12.8. The Labute approximate surface area is 150 Å². The fourth-order valence-corrected chi connectivity index (χ4v) is 5.17. The van der Waals surface area contributed by atoms with Crippen LogP contribution in [-0.2, 0) is 4.79 Å². The van der Waals surface area contributed by atoms with Crippen molar-refractivity contribution in [1.82, 2.24) is 0 Å². The molecule has 0 bridgehead atoms. The first-order valence-electron chi connectivity index (χ1n) is 9.48. The molecule has 0 aromatic carbocycles. The summed E-state index contributed by atoms with van der Waals surface area (Å²) >= 11 is 1.58. The van der Waals surface area contributed by atoms with Gasteiger partial charge in [0.05, 0.1) is 0 Å². The predicted molar refractivity (Wildman–Crippen MR) is 107 cm³/mol. The molecule has 0 amide bonds. The molecule has 0 aliphatic carbocycles.